The van der Waals surface area contributed by atoms with Crippen molar-refractivity contribution in [3.05, 3.63) is 35.4 Å². The summed E-state index contributed by atoms with van der Waals surface area (Å²) in [6.07, 6.45) is -1.71. The van der Waals surface area contributed by atoms with Gasteiger partial charge in [0.25, 0.3) is 0 Å². The van der Waals surface area contributed by atoms with Crippen molar-refractivity contribution in [3.63, 3.8) is 0 Å². The SMILES string of the molecule is CC(NCC1CC1)c1ccc(C(F)(F)F)cc1. The van der Waals surface area contributed by atoms with E-state index in [1.54, 1.807) is 12.1 Å². The van der Waals surface area contributed by atoms with Gasteiger partial charge in [0.1, 0.15) is 0 Å². The van der Waals surface area contributed by atoms with Crippen molar-refractivity contribution in [1.82, 2.24) is 5.32 Å². The normalized spacial score (nSPS) is 18.1. The Kier molecular flexibility index (Phi) is 3.43. The van der Waals surface area contributed by atoms with Gasteiger partial charge in [-0.1, -0.05) is 12.1 Å². The molecule has 0 aromatic heterocycles. The Morgan fingerprint density at radius 3 is 2.29 bits per heavy atom. The van der Waals surface area contributed by atoms with E-state index in [-0.39, 0.29) is 6.04 Å². The van der Waals surface area contributed by atoms with E-state index in [1.807, 2.05) is 6.92 Å². The van der Waals surface area contributed by atoms with Gasteiger partial charge in [-0.05, 0) is 49.9 Å². The molecule has 1 aliphatic rings. The lowest BCUT2D eigenvalue weighted by atomic mass is 10.1. The van der Waals surface area contributed by atoms with Crippen molar-refractivity contribution in [3.8, 4) is 0 Å². The maximum atomic E-state index is 12.4. The highest BCUT2D eigenvalue weighted by Crippen LogP contribution is 2.31. The van der Waals surface area contributed by atoms with Crippen LogP contribution in [0.2, 0.25) is 0 Å². The molecule has 0 heterocycles. The van der Waals surface area contributed by atoms with Gasteiger partial charge in [-0.25, -0.2) is 0 Å². The summed E-state index contributed by atoms with van der Waals surface area (Å²) in [5.41, 5.74) is 0.314. The fourth-order valence-corrected chi connectivity index (χ4v) is 1.74. The second-order valence-corrected chi connectivity index (χ2v) is 4.69. The molecule has 1 fully saturated rings. The van der Waals surface area contributed by atoms with Gasteiger partial charge in [0.2, 0.25) is 0 Å². The Hall–Kier alpha value is -1.03. The molecule has 94 valence electrons. The quantitative estimate of drug-likeness (QED) is 0.848. The molecule has 0 spiro atoms. The molecule has 4 heteroatoms. The van der Waals surface area contributed by atoms with Crippen LogP contribution in [0.5, 0.6) is 0 Å². The molecule has 0 saturated heterocycles. The number of hydrogen-bond acceptors (Lipinski definition) is 1. The van der Waals surface area contributed by atoms with Crippen molar-refractivity contribution >= 4 is 0 Å². The maximum Gasteiger partial charge on any atom is 0.416 e. The fourth-order valence-electron chi connectivity index (χ4n) is 1.74. The molecule has 1 saturated carbocycles. The van der Waals surface area contributed by atoms with E-state index in [0.29, 0.717) is 0 Å². The van der Waals surface area contributed by atoms with E-state index in [9.17, 15) is 13.2 Å². The molecule has 17 heavy (non-hydrogen) atoms. The van der Waals surface area contributed by atoms with Crippen molar-refractivity contribution in [1.29, 1.82) is 0 Å². The molecule has 1 N–H and O–H groups in total. The van der Waals surface area contributed by atoms with Gasteiger partial charge in [-0.3, -0.25) is 0 Å². The first-order valence-electron chi connectivity index (χ1n) is 5.87. The molecule has 1 aromatic rings. The molecule has 0 radical (unpaired) electrons. The second-order valence-electron chi connectivity index (χ2n) is 4.69. The van der Waals surface area contributed by atoms with Crippen LogP contribution in [0, 0.1) is 5.92 Å². The Morgan fingerprint density at radius 1 is 1.24 bits per heavy atom. The molecule has 2 rings (SSSR count). The lowest BCUT2D eigenvalue weighted by Crippen LogP contribution is -2.21. The van der Waals surface area contributed by atoms with Crippen LogP contribution in [-0.2, 0) is 6.18 Å². The molecule has 1 aliphatic carbocycles. The summed E-state index contributed by atoms with van der Waals surface area (Å²) in [4.78, 5) is 0. The Bertz CT molecular complexity index is 365. The number of rotatable bonds is 4. The smallest absolute Gasteiger partial charge is 0.310 e. The number of hydrogen-bond donors (Lipinski definition) is 1. The Morgan fingerprint density at radius 2 is 1.82 bits per heavy atom. The first-order valence-corrected chi connectivity index (χ1v) is 5.87. The summed E-state index contributed by atoms with van der Waals surface area (Å²) in [6, 6.07) is 5.49. The van der Waals surface area contributed by atoms with E-state index >= 15 is 0 Å². The highest BCUT2D eigenvalue weighted by atomic mass is 19.4. The zero-order valence-corrected chi connectivity index (χ0v) is 9.72. The van der Waals surface area contributed by atoms with Crippen LogP contribution in [0.3, 0.4) is 0 Å². The van der Waals surface area contributed by atoms with Gasteiger partial charge in [0.05, 0.1) is 5.56 Å². The van der Waals surface area contributed by atoms with Gasteiger partial charge in [-0.15, -0.1) is 0 Å². The van der Waals surface area contributed by atoms with Crippen LogP contribution in [0.25, 0.3) is 0 Å². The molecule has 0 amide bonds. The van der Waals surface area contributed by atoms with E-state index in [1.165, 1.54) is 12.8 Å². The molecule has 1 unspecified atom stereocenters. The first-order chi connectivity index (χ1) is 7.97. The van der Waals surface area contributed by atoms with Crippen LogP contribution in [0.15, 0.2) is 24.3 Å². The van der Waals surface area contributed by atoms with E-state index in [2.05, 4.69) is 5.32 Å². The van der Waals surface area contributed by atoms with Crippen molar-refractivity contribution in [2.75, 3.05) is 6.54 Å². The van der Waals surface area contributed by atoms with Crippen LogP contribution in [0.1, 0.15) is 36.9 Å². The van der Waals surface area contributed by atoms with Gasteiger partial charge in [0.15, 0.2) is 0 Å². The third-order valence-electron chi connectivity index (χ3n) is 3.15. The first kappa shape index (κ1) is 12.4. The summed E-state index contributed by atoms with van der Waals surface area (Å²) in [5.74, 6) is 0.770. The highest BCUT2D eigenvalue weighted by molar-refractivity contribution is 5.26. The minimum atomic E-state index is -4.25. The zero-order valence-electron chi connectivity index (χ0n) is 9.72. The van der Waals surface area contributed by atoms with Crippen LogP contribution in [-0.4, -0.2) is 6.54 Å². The van der Waals surface area contributed by atoms with E-state index < -0.39 is 11.7 Å². The van der Waals surface area contributed by atoms with Gasteiger partial charge >= 0.3 is 6.18 Å². The average Bonchev–Trinajstić information content (AvgIpc) is 3.09. The minimum Gasteiger partial charge on any atom is -0.310 e. The number of benzene rings is 1. The fraction of sp³-hybridized carbons (Fsp3) is 0.538. The zero-order chi connectivity index (χ0) is 12.5. The van der Waals surface area contributed by atoms with E-state index in [4.69, 9.17) is 0 Å². The van der Waals surface area contributed by atoms with Crippen molar-refractivity contribution in [2.45, 2.75) is 32.0 Å². The molecular weight excluding hydrogens is 227 g/mol. The lowest BCUT2D eigenvalue weighted by Gasteiger charge is -2.15. The van der Waals surface area contributed by atoms with Gasteiger partial charge in [-0.2, -0.15) is 13.2 Å². The highest BCUT2D eigenvalue weighted by Gasteiger charge is 2.30. The third-order valence-corrected chi connectivity index (χ3v) is 3.15. The molecule has 1 atom stereocenters. The maximum absolute atomic E-state index is 12.4. The second kappa shape index (κ2) is 4.69. The number of alkyl halides is 3. The largest absolute Gasteiger partial charge is 0.416 e. The average molecular weight is 243 g/mol. The predicted octanol–water partition coefficient (Wildman–Crippen LogP) is 3.77. The summed E-state index contributed by atoms with van der Waals surface area (Å²) in [6.45, 7) is 2.94. The summed E-state index contributed by atoms with van der Waals surface area (Å²) >= 11 is 0. The minimum absolute atomic E-state index is 0.109. The lowest BCUT2D eigenvalue weighted by molar-refractivity contribution is -0.137. The molecule has 0 aliphatic heterocycles. The Labute approximate surface area is 99.0 Å². The molecule has 1 aromatic carbocycles. The Balaban J connectivity index is 1.96. The predicted molar refractivity (Wildman–Crippen MR) is 60.6 cm³/mol. The summed E-state index contributed by atoms with van der Waals surface area (Å²) < 4.78 is 37.1. The summed E-state index contributed by atoms with van der Waals surface area (Å²) in [7, 11) is 0. The summed E-state index contributed by atoms with van der Waals surface area (Å²) in [5, 5.41) is 3.34. The number of nitrogens with one attached hydrogen (secondary N) is 1. The number of halogens is 3. The standard InChI is InChI=1S/C13H16F3N/c1-9(17-8-10-2-3-10)11-4-6-12(7-5-11)13(14,15)16/h4-7,9-10,17H,2-3,8H2,1H3. The molecular formula is C13H16F3N. The topological polar surface area (TPSA) is 12.0 Å². The van der Waals surface area contributed by atoms with Crippen molar-refractivity contribution < 1.29 is 13.2 Å². The van der Waals surface area contributed by atoms with Gasteiger partial charge < -0.3 is 5.32 Å². The third kappa shape index (κ3) is 3.46. The van der Waals surface area contributed by atoms with Crippen LogP contribution >= 0.6 is 0 Å². The molecule has 0 bridgehead atoms. The van der Waals surface area contributed by atoms with E-state index in [0.717, 1.165) is 30.2 Å². The monoisotopic (exact) mass is 243 g/mol. The van der Waals surface area contributed by atoms with Crippen molar-refractivity contribution in [2.24, 2.45) is 5.92 Å². The van der Waals surface area contributed by atoms with Crippen LogP contribution in [0.4, 0.5) is 13.2 Å². The van der Waals surface area contributed by atoms with Crippen LogP contribution < -0.4 is 5.32 Å². The molecule has 1 nitrogen and oxygen atoms in total. The van der Waals surface area contributed by atoms with Gasteiger partial charge in [0, 0.05) is 6.04 Å².